The van der Waals surface area contributed by atoms with Crippen LogP contribution in [-0.4, -0.2) is 46.2 Å². The van der Waals surface area contributed by atoms with Gasteiger partial charge in [-0.1, -0.05) is 54.1 Å². The molecule has 28 heavy (non-hydrogen) atoms. The van der Waals surface area contributed by atoms with E-state index in [9.17, 15) is 0 Å². The van der Waals surface area contributed by atoms with Gasteiger partial charge in [0.1, 0.15) is 0 Å². The van der Waals surface area contributed by atoms with E-state index in [1.165, 1.54) is 33.5 Å². The minimum Gasteiger partial charge on any atom is -0.297 e. The lowest BCUT2D eigenvalue weighted by Crippen LogP contribution is -2.45. The molecule has 1 fully saturated rings. The second kappa shape index (κ2) is 8.29. The number of benzene rings is 2. The molecule has 0 atom stereocenters. The summed E-state index contributed by atoms with van der Waals surface area (Å²) < 4.78 is 0. The monoisotopic (exact) mass is 374 g/mol. The van der Waals surface area contributed by atoms with Crippen LogP contribution in [0.25, 0.3) is 11.1 Å². The maximum Gasteiger partial charge on any atom is 0.0843 e. The van der Waals surface area contributed by atoms with Crippen molar-refractivity contribution in [3.8, 4) is 11.1 Å². The normalized spacial score (nSPS) is 15.8. The van der Waals surface area contributed by atoms with Crippen LogP contribution in [0.4, 0.5) is 0 Å². The third-order valence-corrected chi connectivity index (χ3v) is 5.80. The number of nitrogens with one attached hydrogen (secondary N) is 1. The Morgan fingerprint density at radius 3 is 2.14 bits per heavy atom. The van der Waals surface area contributed by atoms with Gasteiger partial charge in [-0.15, -0.1) is 0 Å². The molecule has 2 aromatic carbocycles. The number of piperazine rings is 1. The highest BCUT2D eigenvalue weighted by atomic mass is 15.3. The predicted octanol–water partition coefficient (Wildman–Crippen LogP) is 4.32. The molecule has 1 aliphatic rings. The topological polar surface area (TPSA) is 35.2 Å². The third-order valence-electron chi connectivity index (χ3n) is 5.80. The van der Waals surface area contributed by atoms with Crippen LogP contribution in [0, 0.1) is 20.8 Å². The van der Waals surface area contributed by atoms with Crippen molar-refractivity contribution in [1.82, 2.24) is 20.0 Å². The zero-order valence-corrected chi connectivity index (χ0v) is 17.2. The molecule has 0 amide bonds. The second-order valence-corrected chi connectivity index (χ2v) is 8.02. The molecular weight excluding hydrogens is 344 g/mol. The quantitative estimate of drug-likeness (QED) is 0.722. The van der Waals surface area contributed by atoms with Crippen molar-refractivity contribution in [2.75, 3.05) is 26.2 Å². The minimum absolute atomic E-state index is 0.909. The van der Waals surface area contributed by atoms with Gasteiger partial charge >= 0.3 is 0 Å². The van der Waals surface area contributed by atoms with E-state index >= 15 is 0 Å². The average molecular weight is 375 g/mol. The fourth-order valence-electron chi connectivity index (χ4n) is 4.07. The zero-order chi connectivity index (χ0) is 19.5. The van der Waals surface area contributed by atoms with Crippen molar-refractivity contribution >= 4 is 0 Å². The van der Waals surface area contributed by atoms with Gasteiger partial charge < -0.3 is 0 Å². The summed E-state index contributed by atoms with van der Waals surface area (Å²) in [5.74, 6) is 0. The highest BCUT2D eigenvalue weighted by molar-refractivity contribution is 5.71. The van der Waals surface area contributed by atoms with E-state index in [0.717, 1.165) is 45.0 Å². The summed E-state index contributed by atoms with van der Waals surface area (Å²) in [5.41, 5.74) is 8.93. The molecule has 4 heteroatoms. The number of nitrogens with zero attached hydrogens (tertiary/aromatic N) is 3. The first-order valence-electron chi connectivity index (χ1n) is 10.2. The largest absolute Gasteiger partial charge is 0.297 e. The Labute approximate surface area is 168 Å². The minimum atomic E-state index is 0.909. The lowest BCUT2D eigenvalue weighted by molar-refractivity contribution is 0.121. The number of rotatable bonds is 5. The molecule has 1 aliphatic heterocycles. The number of aromatic nitrogens is 2. The molecule has 3 aromatic rings. The first kappa shape index (κ1) is 18.9. The van der Waals surface area contributed by atoms with Crippen LogP contribution in [0.15, 0.2) is 48.5 Å². The Balaban J connectivity index is 1.39. The van der Waals surface area contributed by atoms with Gasteiger partial charge in [-0.3, -0.25) is 14.9 Å². The third kappa shape index (κ3) is 4.18. The smallest absolute Gasteiger partial charge is 0.0843 e. The first-order valence-corrected chi connectivity index (χ1v) is 10.2. The van der Waals surface area contributed by atoms with Crippen LogP contribution in [0.2, 0.25) is 0 Å². The van der Waals surface area contributed by atoms with Gasteiger partial charge in [-0.2, -0.15) is 5.10 Å². The summed E-state index contributed by atoms with van der Waals surface area (Å²) in [7, 11) is 0. The predicted molar refractivity (Wildman–Crippen MR) is 115 cm³/mol. The van der Waals surface area contributed by atoms with Gasteiger partial charge in [-0.25, -0.2) is 0 Å². The first-order chi connectivity index (χ1) is 13.6. The summed E-state index contributed by atoms with van der Waals surface area (Å²) in [6.45, 7) is 12.8. The maximum atomic E-state index is 4.64. The van der Waals surface area contributed by atoms with Gasteiger partial charge in [-0.05, 0) is 37.5 Å². The van der Waals surface area contributed by atoms with Crippen molar-refractivity contribution in [2.45, 2.75) is 33.9 Å². The maximum absolute atomic E-state index is 4.64. The summed E-state index contributed by atoms with van der Waals surface area (Å²) in [5, 5.41) is 7.85. The van der Waals surface area contributed by atoms with E-state index in [-0.39, 0.29) is 0 Å². The molecule has 0 bridgehead atoms. The molecule has 146 valence electrons. The molecule has 0 unspecified atom stereocenters. The number of hydrogen-bond acceptors (Lipinski definition) is 3. The van der Waals surface area contributed by atoms with Crippen LogP contribution < -0.4 is 0 Å². The molecule has 4 nitrogen and oxygen atoms in total. The lowest BCUT2D eigenvalue weighted by Gasteiger charge is -2.34. The molecular formula is C24H30N4. The fourth-order valence-corrected chi connectivity index (χ4v) is 4.07. The van der Waals surface area contributed by atoms with Gasteiger partial charge in [0.05, 0.1) is 5.69 Å². The van der Waals surface area contributed by atoms with Gasteiger partial charge in [0.15, 0.2) is 0 Å². The van der Waals surface area contributed by atoms with E-state index < -0.39 is 0 Å². The molecule has 0 aliphatic carbocycles. The summed E-state index contributed by atoms with van der Waals surface area (Å²) in [4.78, 5) is 5.09. The molecule has 1 saturated heterocycles. The Hall–Kier alpha value is -2.43. The molecule has 2 heterocycles. The summed E-state index contributed by atoms with van der Waals surface area (Å²) >= 11 is 0. The fraction of sp³-hybridized carbons (Fsp3) is 0.375. The molecule has 1 aromatic heterocycles. The van der Waals surface area contributed by atoms with Gasteiger partial charge in [0.2, 0.25) is 0 Å². The van der Waals surface area contributed by atoms with Crippen LogP contribution in [-0.2, 0) is 13.1 Å². The Kier molecular flexibility index (Phi) is 5.60. The Morgan fingerprint density at radius 2 is 1.46 bits per heavy atom. The van der Waals surface area contributed by atoms with Crippen molar-refractivity contribution in [2.24, 2.45) is 0 Å². The van der Waals surface area contributed by atoms with E-state index in [2.05, 4.69) is 89.3 Å². The van der Waals surface area contributed by atoms with Crippen LogP contribution in [0.5, 0.6) is 0 Å². The van der Waals surface area contributed by atoms with Crippen LogP contribution in [0.3, 0.4) is 0 Å². The Morgan fingerprint density at radius 1 is 0.821 bits per heavy atom. The Bertz CT molecular complexity index is 918. The highest BCUT2D eigenvalue weighted by Gasteiger charge is 2.21. The van der Waals surface area contributed by atoms with Crippen molar-refractivity contribution < 1.29 is 0 Å². The highest BCUT2D eigenvalue weighted by Crippen LogP contribution is 2.29. The van der Waals surface area contributed by atoms with Crippen LogP contribution >= 0.6 is 0 Å². The number of hydrogen-bond donors (Lipinski definition) is 1. The summed E-state index contributed by atoms with van der Waals surface area (Å²) in [6, 6.07) is 17.5. The number of aryl methyl sites for hydroxylation is 3. The van der Waals surface area contributed by atoms with Crippen molar-refractivity contribution in [1.29, 1.82) is 0 Å². The lowest BCUT2D eigenvalue weighted by atomic mass is 9.98. The van der Waals surface area contributed by atoms with Crippen LogP contribution in [0.1, 0.15) is 28.1 Å². The van der Waals surface area contributed by atoms with E-state index in [1.54, 1.807) is 0 Å². The van der Waals surface area contributed by atoms with Crippen molar-refractivity contribution in [3.05, 3.63) is 76.6 Å². The van der Waals surface area contributed by atoms with E-state index in [1.807, 2.05) is 0 Å². The van der Waals surface area contributed by atoms with E-state index in [4.69, 9.17) is 0 Å². The van der Waals surface area contributed by atoms with Gasteiger partial charge in [0.25, 0.3) is 0 Å². The second-order valence-electron chi connectivity index (χ2n) is 8.02. The number of H-pyrrole nitrogens is 1. The van der Waals surface area contributed by atoms with E-state index in [0.29, 0.717) is 0 Å². The molecule has 1 N–H and O–H groups in total. The summed E-state index contributed by atoms with van der Waals surface area (Å²) in [6.07, 6.45) is 0. The zero-order valence-electron chi connectivity index (χ0n) is 17.2. The van der Waals surface area contributed by atoms with Crippen molar-refractivity contribution in [3.63, 3.8) is 0 Å². The number of aromatic amines is 1. The SMILES string of the molecule is Cc1ccc(CN2CCN(Cc3n[nH]c(C)c3-c3ccccc3C)CC2)cc1. The standard InChI is InChI=1S/C24H30N4/c1-18-8-10-21(11-9-18)16-27-12-14-28(15-13-27)17-23-24(20(3)25-26-23)22-7-5-4-6-19(22)2/h4-11H,12-17H2,1-3H3,(H,25,26). The molecule has 4 rings (SSSR count). The molecule has 0 spiro atoms. The average Bonchev–Trinajstić information content (AvgIpc) is 3.06. The molecule has 0 saturated carbocycles. The van der Waals surface area contributed by atoms with Gasteiger partial charge in [0, 0.05) is 50.5 Å². The molecule has 0 radical (unpaired) electrons.